The Bertz CT molecular complexity index is 989. The molecule has 2 amide bonds. The van der Waals surface area contributed by atoms with Gasteiger partial charge in [-0.1, -0.05) is 23.7 Å². The topological polar surface area (TPSA) is 75.2 Å². The largest absolute Gasteiger partial charge is 0.342 e. The Kier molecular flexibility index (Phi) is 5.54. The van der Waals surface area contributed by atoms with Crippen molar-refractivity contribution >= 4 is 45.0 Å². The van der Waals surface area contributed by atoms with Crippen LogP contribution in [0, 0.1) is 0 Å². The first-order valence-corrected chi connectivity index (χ1v) is 10.3. The number of halogens is 1. The summed E-state index contributed by atoms with van der Waals surface area (Å²) in [6, 6.07) is 11.2. The van der Waals surface area contributed by atoms with E-state index in [1.807, 2.05) is 23.1 Å². The average molecular weight is 415 g/mol. The van der Waals surface area contributed by atoms with E-state index in [4.69, 9.17) is 16.6 Å². The minimum Gasteiger partial charge on any atom is -0.342 e. The highest BCUT2D eigenvalue weighted by molar-refractivity contribution is 7.18. The summed E-state index contributed by atoms with van der Waals surface area (Å²) in [5.41, 5.74) is 1.21. The molecule has 3 aromatic rings. The van der Waals surface area contributed by atoms with E-state index in [9.17, 15) is 9.59 Å². The van der Waals surface area contributed by atoms with Crippen LogP contribution in [-0.2, 0) is 4.79 Å². The quantitative estimate of drug-likeness (QED) is 0.709. The van der Waals surface area contributed by atoms with Gasteiger partial charge in [-0.25, -0.2) is 4.98 Å². The number of thiazole rings is 1. The zero-order chi connectivity index (χ0) is 19.5. The van der Waals surface area contributed by atoms with Gasteiger partial charge in [0, 0.05) is 30.2 Å². The van der Waals surface area contributed by atoms with Crippen LogP contribution in [0.25, 0.3) is 10.2 Å². The molecule has 1 saturated heterocycles. The van der Waals surface area contributed by atoms with Gasteiger partial charge in [-0.05, 0) is 37.1 Å². The van der Waals surface area contributed by atoms with Crippen molar-refractivity contribution in [2.45, 2.75) is 18.8 Å². The third-order valence-corrected chi connectivity index (χ3v) is 6.22. The number of rotatable bonds is 4. The summed E-state index contributed by atoms with van der Waals surface area (Å²) >= 11 is 7.57. The Hall–Kier alpha value is -2.51. The van der Waals surface area contributed by atoms with Crippen molar-refractivity contribution < 1.29 is 9.59 Å². The van der Waals surface area contributed by atoms with Crippen molar-refractivity contribution in [1.29, 1.82) is 0 Å². The molecule has 0 spiro atoms. The third kappa shape index (κ3) is 4.15. The summed E-state index contributed by atoms with van der Waals surface area (Å²) in [7, 11) is 0. The van der Waals surface area contributed by atoms with Crippen LogP contribution in [0.3, 0.4) is 0 Å². The van der Waals surface area contributed by atoms with Gasteiger partial charge in [-0.2, -0.15) is 0 Å². The first kappa shape index (κ1) is 18.8. The molecule has 1 aromatic carbocycles. The second-order valence-corrected chi connectivity index (χ2v) is 8.24. The second-order valence-electron chi connectivity index (χ2n) is 6.74. The highest BCUT2D eigenvalue weighted by Crippen LogP contribution is 2.32. The smallest absolute Gasteiger partial charge is 0.270 e. The molecule has 1 N–H and O–H groups in total. The van der Waals surface area contributed by atoms with Gasteiger partial charge >= 0.3 is 0 Å². The molecule has 0 aliphatic carbocycles. The van der Waals surface area contributed by atoms with E-state index in [2.05, 4.69) is 16.4 Å². The van der Waals surface area contributed by atoms with Gasteiger partial charge in [0.05, 0.1) is 21.8 Å². The molecule has 1 aliphatic rings. The number of aromatic nitrogens is 2. The van der Waals surface area contributed by atoms with Crippen LogP contribution in [0.2, 0.25) is 5.02 Å². The number of benzene rings is 1. The maximum Gasteiger partial charge on any atom is 0.270 e. The van der Waals surface area contributed by atoms with Crippen molar-refractivity contribution in [3.8, 4) is 0 Å². The molecule has 0 unspecified atom stereocenters. The van der Waals surface area contributed by atoms with Crippen LogP contribution in [0.15, 0.2) is 42.6 Å². The fourth-order valence-electron chi connectivity index (χ4n) is 3.36. The van der Waals surface area contributed by atoms with Crippen LogP contribution in [0.4, 0.5) is 0 Å². The van der Waals surface area contributed by atoms with Crippen LogP contribution in [0.5, 0.6) is 0 Å². The van der Waals surface area contributed by atoms with E-state index < -0.39 is 5.91 Å². The van der Waals surface area contributed by atoms with Gasteiger partial charge in [0.1, 0.15) is 5.69 Å². The van der Waals surface area contributed by atoms with Crippen molar-refractivity contribution in [3.05, 3.63) is 58.3 Å². The van der Waals surface area contributed by atoms with Gasteiger partial charge in [0.25, 0.3) is 5.91 Å². The number of fused-ring (bicyclic) bond motifs is 1. The van der Waals surface area contributed by atoms with Gasteiger partial charge in [0.2, 0.25) is 5.91 Å². The van der Waals surface area contributed by atoms with E-state index >= 15 is 0 Å². The molecule has 144 valence electrons. The van der Waals surface area contributed by atoms with Crippen LogP contribution < -0.4 is 5.32 Å². The maximum atomic E-state index is 12.6. The number of para-hydroxylation sites is 1. The van der Waals surface area contributed by atoms with Crippen LogP contribution >= 0.6 is 22.9 Å². The SMILES string of the molecule is O=C(NCC(=O)N1CCC[C@H](c2nc3ccccc3s2)C1)c1cc(Cl)ccn1. The molecular formula is C20H19ClN4O2S. The molecule has 28 heavy (non-hydrogen) atoms. The van der Waals surface area contributed by atoms with Gasteiger partial charge < -0.3 is 10.2 Å². The number of pyridine rings is 1. The van der Waals surface area contributed by atoms with Crippen LogP contribution in [0.1, 0.15) is 34.3 Å². The third-order valence-electron chi connectivity index (χ3n) is 4.79. The summed E-state index contributed by atoms with van der Waals surface area (Å²) < 4.78 is 1.17. The number of piperidine rings is 1. The molecule has 3 heterocycles. The van der Waals surface area contributed by atoms with Gasteiger partial charge in [-0.15, -0.1) is 11.3 Å². The Labute approximate surface area is 171 Å². The molecule has 0 bridgehead atoms. The number of amides is 2. The Morgan fingerprint density at radius 1 is 1.29 bits per heavy atom. The van der Waals surface area contributed by atoms with Gasteiger partial charge in [0.15, 0.2) is 0 Å². The summed E-state index contributed by atoms with van der Waals surface area (Å²) in [6.45, 7) is 1.27. The summed E-state index contributed by atoms with van der Waals surface area (Å²) in [5.74, 6) is -0.267. The highest BCUT2D eigenvalue weighted by Gasteiger charge is 2.27. The van der Waals surface area contributed by atoms with E-state index in [1.165, 1.54) is 17.0 Å². The highest BCUT2D eigenvalue weighted by atomic mass is 35.5. The maximum absolute atomic E-state index is 12.6. The zero-order valence-corrected chi connectivity index (χ0v) is 16.7. The molecule has 8 heteroatoms. The number of nitrogens with zero attached hydrogens (tertiary/aromatic N) is 3. The lowest BCUT2D eigenvalue weighted by Crippen LogP contribution is -2.44. The first-order chi connectivity index (χ1) is 13.6. The number of nitrogens with one attached hydrogen (secondary N) is 1. The standard InChI is InChI=1S/C20H19ClN4O2S/c21-14-7-8-22-16(10-14)19(27)23-11-18(26)25-9-3-4-13(12-25)20-24-15-5-1-2-6-17(15)28-20/h1-2,5-8,10,13H,3-4,9,11-12H2,(H,23,27)/t13-/m0/s1. The van der Waals surface area contributed by atoms with Crippen LogP contribution in [-0.4, -0.2) is 46.3 Å². The summed E-state index contributed by atoms with van der Waals surface area (Å²) in [6.07, 6.45) is 3.41. The number of carbonyl (C=O) groups is 2. The average Bonchev–Trinajstić information content (AvgIpc) is 3.16. The number of hydrogen-bond acceptors (Lipinski definition) is 5. The molecule has 4 rings (SSSR count). The number of hydrogen-bond donors (Lipinski definition) is 1. The normalized spacial score (nSPS) is 16.9. The number of carbonyl (C=O) groups excluding carboxylic acids is 2. The molecule has 1 aliphatic heterocycles. The Morgan fingerprint density at radius 2 is 2.14 bits per heavy atom. The fraction of sp³-hybridized carbons (Fsp3) is 0.300. The molecule has 1 fully saturated rings. The van der Waals surface area contributed by atoms with Crippen molar-refractivity contribution in [2.24, 2.45) is 0 Å². The molecule has 2 aromatic heterocycles. The van der Waals surface area contributed by atoms with E-state index in [-0.39, 0.29) is 24.1 Å². The minimum atomic E-state index is -0.407. The minimum absolute atomic E-state index is 0.0560. The predicted octanol–water partition coefficient (Wildman–Crippen LogP) is 3.48. The van der Waals surface area contributed by atoms with E-state index in [0.717, 1.165) is 23.4 Å². The predicted molar refractivity (Wildman–Crippen MR) is 110 cm³/mol. The Balaban J connectivity index is 1.37. The molecule has 0 radical (unpaired) electrons. The zero-order valence-electron chi connectivity index (χ0n) is 15.1. The van der Waals surface area contributed by atoms with Crippen molar-refractivity contribution in [3.63, 3.8) is 0 Å². The fourth-order valence-corrected chi connectivity index (χ4v) is 4.61. The molecule has 0 saturated carbocycles. The van der Waals surface area contributed by atoms with Crippen molar-refractivity contribution in [1.82, 2.24) is 20.2 Å². The molecule has 1 atom stereocenters. The van der Waals surface area contributed by atoms with Gasteiger partial charge in [-0.3, -0.25) is 14.6 Å². The lowest BCUT2D eigenvalue weighted by Gasteiger charge is -2.31. The first-order valence-electron chi connectivity index (χ1n) is 9.13. The molecular weight excluding hydrogens is 396 g/mol. The Morgan fingerprint density at radius 3 is 2.96 bits per heavy atom. The monoisotopic (exact) mass is 414 g/mol. The van der Waals surface area contributed by atoms with Crippen molar-refractivity contribution in [2.75, 3.05) is 19.6 Å². The van der Waals surface area contributed by atoms with E-state index in [0.29, 0.717) is 18.1 Å². The second kappa shape index (κ2) is 8.24. The number of likely N-dealkylation sites (tertiary alicyclic amines) is 1. The lowest BCUT2D eigenvalue weighted by atomic mass is 9.98. The van der Waals surface area contributed by atoms with E-state index in [1.54, 1.807) is 17.4 Å². The molecule has 6 nitrogen and oxygen atoms in total. The summed E-state index contributed by atoms with van der Waals surface area (Å²) in [5, 5.41) is 4.14. The summed E-state index contributed by atoms with van der Waals surface area (Å²) in [4.78, 5) is 35.3. The lowest BCUT2D eigenvalue weighted by molar-refractivity contribution is -0.131.